The third-order valence-corrected chi connectivity index (χ3v) is 5.35. The van der Waals surface area contributed by atoms with Gasteiger partial charge in [-0.3, -0.25) is 9.89 Å². The molecule has 3 rings (SSSR count). The minimum absolute atomic E-state index is 0.322. The van der Waals surface area contributed by atoms with Crippen molar-refractivity contribution in [3.63, 3.8) is 0 Å². The number of amides is 1. The molecule has 0 spiro atoms. The quantitative estimate of drug-likeness (QED) is 0.751. The maximum absolute atomic E-state index is 14.0. The predicted molar refractivity (Wildman–Crippen MR) is 89.4 cm³/mol. The second-order valence-electron chi connectivity index (χ2n) is 6.11. The van der Waals surface area contributed by atoms with E-state index in [4.69, 9.17) is 0 Å². The van der Waals surface area contributed by atoms with Crippen molar-refractivity contribution in [2.75, 3.05) is 12.8 Å². The molecule has 1 aromatic carbocycles. The number of nitrogens with one attached hydrogen (secondary N) is 3. The van der Waals surface area contributed by atoms with Gasteiger partial charge in [0.1, 0.15) is 10.7 Å². The molecule has 0 fully saturated rings. The summed E-state index contributed by atoms with van der Waals surface area (Å²) < 4.78 is 37.0. The van der Waals surface area contributed by atoms with E-state index >= 15 is 0 Å². The van der Waals surface area contributed by atoms with Crippen LogP contribution in [-0.4, -0.2) is 37.3 Å². The van der Waals surface area contributed by atoms with E-state index in [1.54, 1.807) is 6.92 Å². The maximum atomic E-state index is 14.0. The van der Waals surface area contributed by atoms with E-state index in [1.165, 1.54) is 12.1 Å². The molecule has 7 nitrogen and oxygen atoms in total. The molecule has 0 aliphatic carbocycles. The van der Waals surface area contributed by atoms with Crippen LogP contribution in [0.1, 0.15) is 40.3 Å². The van der Waals surface area contributed by atoms with Gasteiger partial charge in [0.25, 0.3) is 5.91 Å². The van der Waals surface area contributed by atoms with E-state index in [1.807, 2.05) is 0 Å². The molecule has 2 aromatic rings. The Bertz CT molecular complexity index is 923. The summed E-state index contributed by atoms with van der Waals surface area (Å²) >= 11 is 0. The molecule has 0 radical (unpaired) electrons. The van der Waals surface area contributed by atoms with Crippen LogP contribution < -0.4 is 10.6 Å². The van der Waals surface area contributed by atoms with Crippen LogP contribution in [0.15, 0.2) is 23.1 Å². The number of H-pyrrole nitrogens is 1. The highest BCUT2D eigenvalue weighted by molar-refractivity contribution is 7.90. The summed E-state index contributed by atoms with van der Waals surface area (Å²) in [5.74, 6) is -1.19. The SMILES string of the molecule is CC(NC(=O)c1n[nH]c2c1CNCC2)c1ccc(S(C)(=O)=O)c(F)c1. The van der Waals surface area contributed by atoms with Crippen LogP contribution in [-0.2, 0) is 22.8 Å². The number of aromatic amines is 1. The van der Waals surface area contributed by atoms with Crippen molar-refractivity contribution in [2.24, 2.45) is 0 Å². The molecule has 0 saturated heterocycles. The summed E-state index contributed by atoms with van der Waals surface area (Å²) in [6, 6.07) is 3.33. The van der Waals surface area contributed by atoms with Crippen molar-refractivity contribution in [1.82, 2.24) is 20.8 Å². The van der Waals surface area contributed by atoms with Gasteiger partial charge < -0.3 is 10.6 Å². The Hall–Kier alpha value is -2.26. The number of aromatic nitrogens is 2. The van der Waals surface area contributed by atoms with Gasteiger partial charge in [0.2, 0.25) is 0 Å². The molecule has 9 heteroatoms. The summed E-state index contributed by atoms with van der Waals surface area (Å²) in [4.78, 5) is 12.1. The largest absolute Gasteiger partial charge is 0.344 e. The Morgan fingerprint density at radius 2 is 2.16 bits per heavy atom. The van der Waals surface area contributed by atoms with Crippen LogP contribution in [0.25, 0.3) is 0 Å². The first-order valence-corrected chi connectivity index (χ1v) is 9.73. The predicted octanol–water partition coefficient (Wildman–Crippen LogP) is 1.09. The molecule has 0 saturated carbocycles. The Balaban J connectivity index is 1.78. The molecule has 1 aromatic heterocycles. The fourth-order valence-electron chi connectivity index (χ4n) is 2.85. The van der Waals surface area contributed by atoms with E-state index in [9.17, 15) is 17.6 Å². The highest BCUT2D eigenvalue weighted by atomic mass is 32.2. The van der Waals surface area contributed by atoms with Crippen molar-refractivity contribution in [1.29, 1.82) is 0 Å². The molecule has 1 aliphatic rings. The Morgan fingerprint density at radius 1 is 1.40 bits per heavy atom. The van der Waals surface area contributed by atoms with E-state index in [2.05, 4.69) is 20.8 Å². The monoisotopic (exact) mass is 366 g/mol. The second-order valence-corrected chi connectivity index (χ2v) is 8.10. The van der Waals surface area contributed by atoms with Gasteiger partial charge in [-0.25, -0.2) is 12.8 Å². The van der Waals surface area contributed by atoms with E-state index in [0.29, 0.717) is 17.8 Å². The molecule has 1 aliphatic heterocycles. The summed E-state index contributed by atoms with van der Waals surface area (Å²) in [6.45, 7) is 3.10. The Labute approximate surface area is 144 Å². The van der Waals surface area contributed by atoms with Crippen LogP contribution in [0.3, 0.4) is 0 Å². The fourth-order valence-corrected chi connectivity index (χ4v) is 3.58. The number of rotatable bonds is 4. The highest BCUT2D eigenvalue weighted by Crippen LogP contribution is 2.21. The summed E-state index contributed by atoms with van der Waals surface area (Å²) in [5.41, 5.74) is 2.58. The summed E-state index contributed by atoms with van der Waals surface area (Å²) in [6.07, 6.45) is 1.73. The lowest BCUT2D eigenvalue weighted by Gasteiger charge is -2.16. The molecule has 1 amide bonds. The number of fused-ring (bicyclic) bond motifs is 1. The molecule has 25 heavy (non-hydrogen) atoms. The third-order valence-electron chi connectivity index (χ3n) is 4.22. The first-order valence-electron chi connectivity index (χ1n) is 7.84. The van der Waals surface area contributed by atoms with Crippen molar-refractivity contribution in [3.8, 4) is 0 Å². The highest BCUT2D eigenvalue weighted by Gasteiger charge is 2.23. The zero-order valence-electron chi connectivity index (χ0n) is 13.9. The van der Waals surface area contributed by atoms with Gasteiger partial charge in [0.15, 0.2) is 15.5 Å². The van der Waals surface area contributed by atoms with Gasteiger partial charge in [-0.05, 0) is 24.6 Å². The molecule has 0 bridgehead atoms. The van der Waals surface area contributed by atoms with Gasteiger partial charge in [-0.15, -0.1) is 0 Å². The number of halogens is 1. The van der Waals surface area contributed by atoms with E-state index in [-0.39, 0.29) is 10.8 Å². The second kappa shape index (κ2) is 6.57. The molecule has 1 unspecified atom stereocenters. The summed E-state index contributed by atoms with van der Waals surface area (Å²) in [7, 11) is -3.63. The lowest BCUT2D eigenvalue weighted by Crippen LogP contribution is -2.30. The number of hydrogen-bond acceptors (Lipinski definition) is 5. The number of hydrogen-bond donors (Lipinski definition) is 3. The van der Waals surface area contributed by atoms with Crippen molar-refractivity contribution < 1.29 is 17.6 Å². The van der Waals surface area contributed by atoms with Crippen LogP contribution >= 0.6 is 0 Å². The molecule has 3 N–H and O–H groups in total. The number of carbonyl (C=O) groups is 1. The Morgan fingerprint density at radius 3 is 2.84 bits per heavy atom. The van der Waals surface area contributed by atoms with Crippen molar-refractivity contribution in [3.05, 3.63) is 46.5 Å². The average molecular weight is 366 g/mol. The molecular weight excluding hydrogens is 347 g/mol. The number of sulfone groups is 1. The number of nitrogens with zero attached hydrogens (tertiary/aromatic N) is 1. The maximum Gasteiger partial charge on any atom is 0.272 e. The summed E-state index contributed by atoms with van der Waals surface area (Å²) in [5, 5.41) is 12.9. The number of carbonyl (C=O) groups excluding carboxylic acids is 1. The fraction of sp³-hybridized carbons (Fsp3) is 0.375. The van der Waals surface area contributed by atoms with Crippen molar-refractivity contribution in [2.45, 2.75) is 30.8 Å². The minimum atomic E-state index is -3.63. The molecule has 1 atom stereocenters. The van der Waals surface area contributed by atoms with Crippen molar-refractivity contribution >= 4 is 15.7 Å². The lowest BCUT2D eigenvalue weighted by atomic mass is 10.1. The van der Waals surface area contributed by atoms with E-state index < -0.39 is 21.7 Å². The Kier molecular flexibility index (Phi) is 4.61. The van der Waals surface area contributed by atoms with Crippen LogP contribution in [0.2, 0.25) is 0 Å². The van der Waals surface area contributed by atoms with Gasteiger partial charge in [0.05, 0.1) is 6.04 Å². The minimum Gasteiger partial charge on any atom is -0.344 e. The van der Waals surface area contributed by atoms with E-state index in [0.717, 1.165) is 36.5 Å². The van der Waals surface area contributed by atoms with Crippen LogP contribution in [0, 0.1) is 5.82 Å². The molecule has 134 valence electrons. The zero-order valence-corrected chi connectivity index (χ0v) is 14.7. The standard InChI is InChI=1S/C16H19FN4O3S/c1-9(10-3-4-14(12(17)7-10)25(2,23)24)19-16(22)15-11-8-18-6-5-13(11)20-21-15/h3-4,7,9,18H,5-6,8H2,1-2H3,(H,19,22)(H,20,21). The lowest BCUT2D eigenvalue weighted by molar-refractivity contribution is 0.0933. The number of benzene rings is 1. The van der Waals surface area contributed by atoms with Gasteiger partial charge in [-0.2, -0.15) is 5.10 Å². The van der Waals surface area contributed by atoms with Gasteiger partial charge in [-0.1, -0.05) is 6.07 Å². The molecule has 2 heterocycles. The topological polar surface area (TPSA) is 104 Å². The zero-order chi connectivity index (χ0) is 18.2. The first kappa shape index (κ1) is 17.6. The van der Waals surface area contributed by atoms with Gasteiger partial charge in [0, 0.05) is 37.0 Å². The van der Waals surface area contributed by atoms with Crippen LogP contribution in [0.4, 0.5) is 4.39 Å². The van der Waals surface area contributed by atoms with Crippen LogP contribution in [0.5, 0.6) is 0 Å². The third kappa shape index (κ3) is 3.57. The average Bonchev–Trinajstić information content (AvgIpc) is 2.97. The smallest absolute Gasteiger partial charge is 0.272 e. The van der Waals surface area contributed by atoms with Gasteiger partial charge >= 0.3 is 0 Å². The first-order chi connectivity index (χ1) is 11.8. The normalized spacial score (nSPS) is 15.5. The molecular formula is C16H19FN4O3S.